The van der Waals surface area contributed by atoms with Gasteiger partial charge in [-0.25, -0.2) is 0 Å². The fourth-order valence-electron chi connectivity index (χ4n) is 2.33. The lowest BCUT2D eigenvalue weighted by Gasteiger charge is -2.19. The summed E-state index contributed by atoms with van der Waals surface area (Å²) in [6.45, 7) is 9.80. The summed E-state index contributed by atoms with van der Waals surface area (Å²) in [4.78, 5) is 12.3. The average molecular weight is 325 g/mol. The Morgan fingerprint density at radius 1 is 1.00 bits per heavy atom. The van der Waals surface area contributed by atoms with Gasteiger partial charge in [0, 0.05) is 12.1 Å². The summed E-state index contributed by atoms with van der Waals surface area (Å²) >= 11 is 0. The van der Waals surface area contributed by atoms with Gasteiger partial charge >= 0.3 is 0 Å². The molecule has 0 heterocycles. The van der Waals surface area contributed by atoms with E-state index >= 15 is 0 Å². The molecule has 0 bridgehead atoms. The van der Waals surface area contributed by atoms with Crippen molar-refractivity contribution in [3.63, 3.8) is 0 Å². The van der Waals surface area contributed by atoms with Gasteiger partial charge in [-0.3, -0.25) is 4.79 Å². The highest BCUT2D eigenvalue weighted by Crippen LogP contribution is 2.22. The molecule has 0 saturated carbocycles. The number of nitrogens with one attached hydrogen (secondary N) is 1. The second-order valence-electron chi connectivity index (χ2n) is 7.00. The van der Waals surface area contributed by atoms with Gasteiger partial charge < -0.3 is 10.1 Å². The van der Waals surface area contributed by atoms with Crippen molar-refractivity contribution >= 4 is 5.91 Å². The summed E-state index contributed by atoms with van der Waals surface area (Å²) < 4.78 is 5.56. The molecule has 3 nitrogen and oxygen atoms in total. The molecule has 0 spiro atoms. The Morgan fingerprint density at radius 2 is 1.62 bits per heavy atom. The van der Waals surface area contributed by atoms with Gasteiger partial charge in [-0.05, 0) is 47.2 Å². The Morgan fingerprint density at radius 3 is 2.17 bits per heavy atom. The first kappa shape index (κ1) is 18.1. The number of hydrogen-bond donors (Lipinski definition) is 1. The number of hydrogen-bond acceptors (Lipinski definition) is 2. The van der Waals surface area contributed by atoms with Gasteiger partial charge in [0.05, 0.1) is 6.61 Å². The molecule has 0 aliphatic carbocycles. The molecule has 128 valence electrons. The maximum absolute atomic E-state index is 12.3. The first-order valence-electron chi connectivity index (χ1n) is 8.50. The molecule has 0 aliphatic heterocycles. The highest BCUT2D eigenvalue weighted by atomic mass is 16.5. The highest BCUT2D eigenvalue weighted by Gasteiger charge is 2.14. The van der Waals surface area contributed by atoms with Crippen LogP contribution in [0.5, 0.6) is 5.75 Å². The van der Waals surface area contributed by atoms with E-state index in [1.807, 2.05) is 48.5 Å². The Bertz CT molecular complexity index is 652. The van der Waals surface area contributed by atoms with Gasteiger partial charge in [0.1, 0.15) is 5.75 Å². The number of carbonyl (C=O) groups excluding carboxylic acids is 1. The zero-order valence-corrected chi connectivity index (χ0v) is 15.1. The Balaban J connectivity index is 1.90. The minimum Gasteiger partial charge on any atom is -0.494 e. The summed E-state index contributed by atoms with van der Waals surface area (Å²) in [6.07, 6.45) is 0.992. The molecule has 1 amide bonds. The van der Waals surface area contributed by atoms with Crippen LogP contribution in [0, 0.1) is 0 Å². The number of rotatable bonds is 6. The molecule has 1 N–H and O–H groups in total. The lowest BCUT2D eigenvalue weighted by Crippen LogP contribution is -2.23. The standard InChI is InChI=1S/C21H27NO2/c1-5-14-24-19-12-6-16(7-13-19)15-22-20(23)17-8-10-18(11-9-17)21(2,3)4/h6-13H,5,14-15H2,1-4H3,(H,22,23). The minimum atomic E-state index is -0.0539. The summed E-state index contributed by atoms with van der Waals surface area (Å²) in [5.41, 5.74) is 3.06. The monoisotopic (exact) mass is 325 g/mol. The topological polar surface area (TPSA) is 38.3 Å². The highest BCUT2D eigenvalue weighted by molar-refractivity contribution is 5.94. The summed E-state index contributed by atoms with van der Waals surface area (Å²) in [6, 6.07) is 15.7. The molecule has 0 atom stereocenters. The van der Waals surface area contributed by atoms with E-state index in [0.29, 0.717) is 12.1 Å². The third-order valence-electron chi connectivity index (χ3n) is 3.86. The van der Waals surface area contributed by atoms with Crippen LogP contribution in [0.1, 0.15) is 55.6 Å². The number of ether oxygens (including phenoxy) is 1. The molecule has 0 saturated heterocycles. The van der Waals surface area contributed by atoms with Crippen molar-refractivity contribution in [2.45, 2.75) is 46.1 Å². The van der Waals surface area contributed by atoms with Gasteiger partial charge in [0.2, 0.25) is 0 Å². The quantitative estimate of drug-likeness (QED) is 0.836. The molecule has 2 aromatic rings. The molecule has 0 radical (unpaired) electrons. The minimum absolute atomic E-state index is 0.0539. The van der Waals surface area contributed by atoms with Crippen LogP contribution in [-0.2, 0) is 12.0 Å². The van der Waals surface area contributed by atoms with Crippen LogP contribution in [0.2, 0.25) is 0 Å². The van der Waals surface area contributed by atoms with Crippen LogP contribution in [0.3, 0.4) is 0 Å². The molecule has 0 fully saturated rings. The largest absolute Gasteiger partial charge is 0.494 e. The predicted molar refractivity (Wildman–Crippen MR) is 98.5 cm³/mol. The van der Waals surface area contributed by atoms with Crippen LogP contribution in [0.15, 0.2) is 48.5 Å². The average Bonchev–Trinajstić information content (AvgIpc) is 2.58. The number of amides is 1. The second kappa shape index (κ2) is 8.00. The van der Waals surface area contributed by atoms with Gasteiger partial charge in [0.25, 0.3) is 5.91 Å². The van der Waals surface area contributed by atoms with E-state index < -0.39 is 0 Å². The van der Waals surface area contributed by atoms with Crippen molar-refractivity contribution in [3.05, 3.63) is 65.2 Å². The lowest BCUT2D eigenvalue weighted by molar-refractivity contribution is 0.0951. The Kier molecular flexibility index (Phi) is 6.02. The van der Waals surface area contributed by atoms with E-state index in [4.69, 9.17) is 4.74 Å². The number of benzene rings is 2. The molecule has 24 heavy (non-hydrogen) atoms. The fourth-order valence-corrected chi connectivity index (χ4v) is 2.33. The van der Waals surface area contributed by atoms with Crippen molar-refractivity contribution < 1.29 is 9.53 Å². The zero-order valence-electron chi connectivity index (χ0n) is 15.1. The lowest BCUT2D eigenvalue weighted by atomic mass is 9.87. The Hall–Kier alpha value is -2.29. The molecule has 0 unspecified atom stereocenters. The van der Waals surface area contributed by atoms with Crippen LogP contribution in [0.4, 0.5) is 0 Å². The molecular formula is C21H27NO2. The van der Waals surface area contributed by atoms with Crippen molar-refractivity contribution in [1.82, 2.24) is 5.32 Å². The first-order chi connectivity index (χ1) is 11.4. The molecular weight excluding hydrogens is 298 g/mol. The molecule has 0 aromatic heterocycles. The van der Waals surface area contributed by atoms with E-state index in [0.717, 1.165) is 24.3 Å². The third kappa shape index (κ3) is 5.12. The van der Waals surface area contributed by atoms with Gasteiger partial charge in [-0.1, -0.05) is 52.0 Å². The van der Waals surface area contributed by atoms with E-state index in [1.165, 1.54) is 5.56 Å². The summed E-state index contributed by atoms with van der Waals surface area (Å²) in [5.74, 6) is 0.812. The van der Waals surface area contributed by atoms with E-state index in [2.05, 4.69) is 33.0 Å². The maximum atomic E-state index is 12.3. The van der Waals surface area contributed by atoms with Crippen molar-refractivity contribution in [1.29, 1.82) is 0 Å². The van der Waals surface area contributed by atoms with Gasteiger partial charge in [-0.2, -0.15) is 0 Å². The third-order valence-corrected chi connectivity index (χ3v) is 3.86. The number of carbonyl (C=O) groups is 1. The summed E-state index contributed by atoms with van der Waals surface area (Å²) in [7, 11) is 0. The van der Waals surface area contributed by atoms with Gasteiger partial charge in [0.15, 0.2) is 0 Å². The summed E-state index contributed by atoms with van der Waals surface area (Å²) in [5, 5.41) is 2.96. The second-order valence-corrected chi connectivity index (χ2v) is 7.00. The fraction of sp³-hybridized carbons (Fsp3) is 0.381. The molecule has 2 rings (SSSR count). The van der Waals surface area contributed by atoms with Crippen molar-refractivity contribution in [2.75, 3.05) is 6.61 Å². The zero-order chi connectivity index (χ0) is 17.6. The van der Waals surface area contributed by atoms with Gasteiger partial charge in [-0.15, -0.1) is 0 Å². The SMILES string of the molecule is CCCOc1ccc(CNC(=O)c2ccc(C(C)(C)C)cc2)cc1. The first-order valence-corrected chi connectivity index (χ1v) is 8.50. The van der Waals surface area contributed by atoms with Crippen LogP contribution in [0.25, 0.3) is 0 Å². The predicted octanol–water partition coefficient (Wildman–Crippen LogP) is 4.70. The van der Waals surface area contributed by atoms with Crippen LogP contribution < -0.4 is 10.1 Å². The Labute approximate surface area is 145 Å². The van der Waals surface area contributed by atoms with E-state index in [9.17, 15) is 4.79 Å². The molecule has 0 aliphatic rings. The van der Waals surface area contributed by atoms with Crippen LogP contribution >= 0.6 is 0 Å². The maximum Gasteiger partial charge on any atom is 0.251 e. The van der Waals surface area contributed by atoms with Crippen LogP contribution in [-0.4, -0.2) is 12.5 Å². The van der Waals surface area contributed by atoms with E-state index in [-0.39, 0.29) is 11.3 Å². The normalized spacial score (nSPS) is 11.2. The van der Waals surface area contributed by atoms with E-state index in [1.54, 1.807) is 0 Å². The van der Waals surface area contributed by atoms with Crippen molar-refractivity contribution in [2.24, 2.45) is 0 Å². The van der Waals surface area contributed by atoms with Crippen molar-refractivity contribution in [3.8, 4) is 5.75 Å². The molecule has 2 aromatic carbocycles. The smallest absolute Gasteiger partial charge is 0.251 e. The molecule has 3 heteroatoms.